The predicted octanol–water partition coefficient (Wildman–Crippen LogP) is 1.22. The molecule has 23 heavy (non-hydrogen) atoms. The molecule has 0 aliphatic carbocycles. The van der Waals surface area contributed by atoms with Gasteiger partial charge in [0.25, 0.3) is 5.69 Å². The van der Waals surface area contributed by atoms with Crippen LogP contribution in [0, 0.1) is 16.0 Å². The summed E-state index contributed by atoms with van der Waals surface area (Å²) in [5.74, 6) is 0.252. The van der Waals surface area contributed by atoms with E-state index in [1.807, 2.05) is 7.05 Å². The maximum Gasteiger partial charge on any atom is 0.273 e. The van der Waals surface area contributed by atoms with E-state index in [1.165, 1.54) is 23.5 Å². The van der Waals surface area contributed by atoms with Crippen LogP contribution in [-0.4, -0.2) is 51.4 Å². The summed E-state index contributed by atoms with van der Waals surface area (Å²) in [4.78, 5) is 10.2. The number of nitrogens with zero attached hydrogens (tertiary/aromatic N) is 2. The number of sulfonamides is 1. The summed E-state index contributed by atoms with van der Waals surface area (Å²) >= 11 is 0. The van der Waals surface area contributed by atoms with Crippen LogP contribution in [0.5, 0.6) is 5.75 Å². The lowest BCUT2D eigenvalue weighted by atomic mass is 10.00. The zero-order valence-corrected chi connectivity index (χ0v) is 14.0. The van der Waals surface area contributed by atoms with Crippen LogP contribution in [-0.2, 0) is 10.0 Å². The van der Waals surface area contributed by atoms with Crippen molar-refractivity contribution in [1.29, 1.82) is 0 Å². The Balaban J connectivity index is 2.33. The van der Waals surface area contributed by atoms with Crippen molar-refractivity contribution in [2.45, 2.75) is 17.7 Å². The summed E-state index contributed by atoms with van der Waals surface area (Å²) in [6.07, 6.45) is 1.77. The quantitative estimate of drug-likeness (QED) is 0.615. The minimum absolute atomic E-state index is 0.00469. The molecule has 1 N–H and O–H groups in total. The first kappa shape index (κ1) is 17.6. The van der Waals surface area contributed by atoms with Gasteiger partial charge in [0.15, 0.2) is 0 Å². The molecule has 0 radical (unpaired) electrons. The molecule has 0 bridgehead atoms. The van der Waals surface area contributed by atoms with Gasteiger partial charge in [-0.2, -0.15) is 4.31 Å². The molecule has 8 nitrogen and oxygen atoms in total. The van der Waals surface area contributed by atoms with E-state index in [1.54, 1.807) is 0 Å². The lowest BCUT2D eigenvalue weighted by molar-refractivity contribution is -0.385. The molecule has 1 heterocycles. The van der Waals surface area contributed by atoms with E-state index >= 15 is 0 Å². The number of ether oxygens (including phenoxy) is 1. The second kappa shape index (κ2) is 7.24. The van der Waals surface area contributed by atoms with Gasteiger partial charge in [-0.3, -0.25) is 10.1 Å². The van der Waals surface area contributed by atoms with Gasteiger partial charge in [-0.1, -0.05) is 0 Å². The van der Waals surface area contributed by atoms with E-state index < -0.39 is 14.9 Å². The number of methoxy groups -OCH3 is 1. The number of hydrogen-bond acceptors (Lipinski definition) is 6. The standard InChI is InChI=1S/C14H21N3O5S/c1-15-9-11-4-3-7-16(10-11)23(20,21)14-6-5-12(17(18)19)8-13(14)22-2/h5-6,8,11,15H,3-4,7,9-10H2,1-2H3. The van der Waals surface area contributed by atoms with Crippen LogP contribution >= 0.6 is 0 Å². The van der Waals surface area contributed by atoms with Gasteiger partial charge in [-0.05, 0) is 38.4 Å². The van der Waals surface area contributed by atoms with Crippen LogP contribution in [0.4, 0.5) is 5.69 Å². The molecule has 0 saturated carbocycles. The van der Waals surface area contributed by atoms with Crippen molar-refractivity contribution in [2.75, 3.05) is 33.8 Å². The Morgan fingerprint density at radius 1 is 1.48 bits per heavy atom. The number of piperidine rings is 1. The van der Waals surface area contributed by atoms with E-state index in [0.29, 0.717) is 13.1 Å². The van der Waals surface area contributed by atoms with Gasteiger partial charge in [0, 0.05) is 19.2 Å². The normalized spacial score (nSPS) is 19.5. The first-order valence-corrected chi connectivity index (χ1v) is 8.81. The largest absolute Gasteiger partial charge is 0.495 e. The average Bonchev–Trinajstić information content (AvgIpc) is 2.54. The third-order valence-electron chi connectivity index (χ3n) is 3.95. The molecule has 1 fully saturated rings. The highest BCUT2D eigenvalue weighted by atomic mass is 32.2. The average molecular weight is 343 g/mol. The number of nitro benzene ring substituents is 1. The lowest BCUT2D eigenvalue weighted by Gasteiger charge is -2.32. The fourth-order valence-electron chi connectivity index (χ4n) is 2.82. The van der Waals surface area contributed by atoms with Crippen molar-refractivity contribution in [3.63, 3.8) is 0 Å². The van der Waals surface area contributed by atoms with Gasteiger partial charge < -0.3 is 10.1 Å². The van der Waals surface area contributed by atoms with Crippen molar-refractivity contribution < 1.29 is 18.1 Å². The highest BCUT2D eigenvalue weighted by Crippen LogP contribution is 2.32. The number of hydrogen-bond donors (Lipinski definition) is 1. The van der Waals surface area contributed by atoms with Gasteiger partial charge in [0.05, 0.1) is 18.1 Å². The fourth-order valence-corrected chi connectivity index (χ4v) is 4.51. The molecule has 0 amide bonds. The first-order chi connectivity index (χ1) is 10.9. The van der Waals surface area contributed by atoms with Crippen LogP contribution in [0.25, 0.3) is 0 Å². The maximum atomic E-state index is 12.9. The molecule has 1 atom stereocenters. The van der Waals surface area contributed by atoms with Gasteiger partial charge in [-0.25, -0.2) is 8.42 Å². The second-order valence-electron chi connectivity index (χ2n) is 5.52. The van der Waals surface area contributed by atoms with Gasteiger partial charge in [0.1, 0.15) is 10.6 Å². The predicted molar refractivity (Wildman–Crippen MR) is 85.1 cm³/mol. The third kappa shape index (κ3) is 3.80. The van der Waals surface area contributed by atoms with Crippen molar-refractivity contribution in [3.05, 3.63) is 28.3 Å². The molecule has 1 saturated heterocycles. The van der Waals surface area contributed by atoms with E-state index in [9.17, 15) is 18.5 Å². The van der Waals surface area contributed by atoms with Crippen molar-refractivity contribution in [1.82, 2.24) is 9.62 Å². The molecule has 128 valence electrons. The van der Waals surface area contributed by atoms with Crippen LogP contribution in [0.3, 0.4) is 0 Å². The first-order valence-electron chi connectivity index (χ1n) is 7.37. The molecule has 9 heteroatoms. The SMILES string of the molecule is CNCC1CCCN(S(=O)(=O)c2ccc([N+](=O)[O-])cc2OC)C1. The summed E-state index contributed by atoms with van der Waals surface area (Å²) in [5.41, 5.74) is -0.201. The zero-order valence-electron chi connectivity index (χ0n) is 13.2. The topological polar surface area (TPSA) is 102 Å². The van der Waals surface area contributed by atoms with Crippen molar-refractivity contribution in [2.24, 2.45) is 5.92 Å². The number of non-ortho nitro benzene ring substituents is 1. The number of rotatable bonds is 6. The molecule has 1 aromatic carbocycles. The van der Waals surface area contributed by atoms with Crippen LogP contribution in [0.15, 0.2) is 23.1 Å². The molecular formula is C14H21N3O5S. The third-order valence-corrected chi connectivity index (χ3v) is 5.85. The van der Waals surface area contributed by atoms with E-state index in [-0.39, 0.29) is 22.3 Å². The fraction of sp³-hybridized carbons (Fsp3) is 0.571. The summed E-state index contributed by atoms with van der Waals surface area (Å²) in [7, 11) is -0.597. The summed E-state index contributed by atoms with van der Waals surface area (Å²) < 4.78 is 32.2. The van der Waals surface area contributed by atoms with E-state index in [0.717, 1.165) is 25.5 Å². The molecule has 0 spiro atoms. The molecular weight excluding hydrogens is 322 g/mol. The monoisotopic (exact) mass is 343 g/mol. The summed E-state index contributed by atoms with van der Waals surface area (Å²) in [5, 5.41) is 13.9. The Morgan fingerprint density at radius 3 is 2.83 bits per heavy atom. The number of benzene rings is 1. The highest BCUT2D eigenvalue weighted by Gasteiger charge is 2.32. The Labute approximate surface area is 135 Å². The maximum absolute atomic E-state index is 12.9. The molecule has 1 unspecified atom stereocenters. The molecule has 1 aliphatic heterocycles. The Morgan fingerprint density at radius 2 is 2.22 bits per heavy atom. The van der Waals surface area contributed by atoms with Gasteiger partial charge >= 0.3 is 0 Å². The van der Waals surface area contributed by atoms with Gasteiger partial charge in [-0.15, -0.1) is 0 Å². The molecule has 1 aromatic rings. The molecule has 1 aliphatic rings. The lowest BCUT2D eigenvalue weighted by Crippen LogP contribution is -2.42. The number of nitrogens with one attached hydrogen (secondary N) is 1. The van der Waals surface area contributed by atoms with Crippen molar-refractivity contribution in [3.8, 4) is 5.75 Å². The second-order valence-corrected chi connectivity index (χ2v) is 7.43. The van der Waals surface area contributed by atoms with E-state index in [4.69, 9.17) is 4.74 Å². The minimum atomic E-state index is -3.74. The Bertz CT molecular complexity index is 675. The van der Waals surface area contributed by atoms with Gasteiger partial charge in [0.2, 0.25) is 10.0 Å². The Kier molecular flexibility index (Phi) is 5.55. The van der Waals surface area contributed by atoms with Crippen LogP contribution < -0.4 is 10.1 Å². The van der Waals surface area contributed by atoms with Crippen LogP contribution in [0.1, 0.15) is 12.8 Å². The summed E-state index contributed by atoms with van der Waals surface area (Å²) in [6.45, 7) is 1.63. The molecule has 2 rings (SSSR count). The zero-order chi connectivity index (χ0) is 17.0. The molecule has 0 aromatic heterocycles. The smallest absolute Gasteiger partial charge is 0.273 e. The van der Waals surface area contributed by atoms with Crippen molar-refractivity contribution >= 4 is 15.7 Å². The summed E-state index contributed by atoms with van der Waals surface area (Å²) in [6, 6.07) is 3.57. The minimum Gasteiger partial charge on any atom is -0.495 e. The van der Waals surface area contributed by atoms with Crippen LogP contribution in [0.2, 0.25) is 0 Å². The highest BCUT2D eigenvalue weighted by molar-refractivity contribution is 7.89. The Hall–Kier alpha value is -1.71. The van der Waals surface area contributed by atoms with E-state index in [2.05, 4.69) is 5.32 Å². The number of nitro groups is 1.